The van der Waals surface area contributed by atoms with Crippen LogP contribution in [0, 0.1) is 6.92 Å². The van der Waals surface area contributed by atoms with E-state index in [2.05, 4.69) is 5.32 Å². The first-order valence-corrected chi connectivity index (χ1v) is 8.95. The summed E-state index contributed by atoms with van der Waals surface area (Å²) in [6.07, 6.45) is 0. The van der Waals surface area contributed by atoms with Crippen LogP contribution in [0.1, 0.15) is 28.4 Å². The number of rotatable bonds is 7. The summed E-state index contributed by atoms with van der Waals surface area (Å²) in [7, 11) is 0. The highest BCUT2D eigenvalue weighted by molar-refractivity contribution is 7.99. The molecular weight excluding hydrogens is 322 g/mol. The van der Waals surface area contributed by atoms with Crippen LogP contribution in [0.15, 0.2) is 48.5 Å². The van der Waals surface area contributed by atoms with Crippen LogP contribution in [0.2, 0.25) is 0 Å². The van der Waals surface area contributed by atoms with Crippen LogP contribution < -0.4 is 5.32 Å². The van der Waals surface area contributed by atoms with Gasteiger partial charge in [0.2, 0.25) is 5.91 Å². The van der Waals surface area contributed by atoms with Crippen molar-refractivity contribution in [3.63, 3.8) is 0 Å². The molecule has 0 radical (unpaired) electrons. The molecule has 2 rings (SSSR count). The van der Waals surface area contributed by atoms with Crippen molar-refractivity contribution in [1.82, 2.24) is 0 Å². The van der Waals surface area contributed by atoms with Crippen molar-refractivity contribution in [2.75, 3.05) is 17.7 Å². The van der Waals surface area contributed by atoms with Crippen molar-refractivity contribution in [3.05, 3.63) is 65.2 Å². The van der Waals surface area contributed by atoms with Gasteiger partial charge in [-0.25, -0.2) is 4.79 Å². The normalized spacial score (nSPS) is 10.2. The van der Waals surface area contributed by atoms with Gasteiger partial charge in [-0.2, -0.15) is 0 Å². The van der Waals surface area contributed by atoms with E-state index in [1.165, 1.54) is 5.56 Å². The minimum absolute atomic E-state index is 0.0833. The van der Waals surface area contributed by atoms with E-state index in [1.54, 1.807) is 43.8 Å². The highest BCUT2D eigenvalue weighted by Gasteiger charge is 2.13. The minimum Gasteiger partial charge on any atom is -0.462 e. The highest BCUT2D eigenvalue weighted by Crippen LogP contribution is 2.20. The van der Waals surface area contributed by atoms with Gasteiger partial charge in [0.15, 0.2) is 0 Å². The second kappa shape index (κ2) is 9.13. The maximum absolute atomic E-state index is 12.1. The monoisotopic (exact) mass is 343 g/mol. The Labute approximate surface area is 146 Å². The number of thioether (sulfide) groups is 1. The zero-order valence-electron chi connectivity index (χ0n) is 13.9. The standard InChI is InChI=1S/C19H21NO3S/c1-3-23-19(22)16-10-7-11-17(14(16)2)20-18(21)13-24-12-15-8-5-4-6-9-15/h4-11H,3,12-13H2,1-2H3,(H,20,21). The summed E-state index contributed by atoms with van der Waals surface area (Å²) in [5.41, 5.74) is 3.03. The molecule has 2 aromatic rings. The van der Waals surface area contributed by atoms with E-state index < -0.39 is 0 Å². The van der Waals surface area contributed by atoms with Gasteiger partial charge in [-0.15, -0.1) is 11.8 Å². The van der Waals surface area contributed by atoms with Crippen molar-refractivity contribution in [1.29, 1.82) is 0 Å². The molecule has 1 N–H and O–H groups in total. The van der Waals surface area contributed by atoms with Crippen molar-refractivity contribution in [2.45, 2.75) is 19.6 Å². The third-order valence-electron chi connectivity index (χ3n) is 3.45. The SMILES string of the molecule is CCOC(=O)c1cccc(NC(=O)CSCc2ccccc2)c1C. The largest absolute Gasteiger partial charge is 0.462 e. The average molecular weight is 343 g/mol. The number of anilines is 1. The molecular formula is C19H21NO3S. The van der Waals surface area contributed by atoms with E-state index in [0.29, 0.717) is 23.6 Å². The molecule has 0 saturated heterocycles. The van der Waals surface area contributed by atoms with Crippen LogP contribution in [0.3, 0.4) is 0 Å². The summed E-state index contributed by atoms with van der Waals surface area (Å²) in [6.45, 7) is 3.90. The number of carbonyl (C=O) groups is 2. The van der Waals surface area contributed by atoms with Gasteiger partial charge in [-0.1, -0.05) is 36.4 Å². The van der Waals surface area contributed by atoms with E-state index in [1.807, 2.05) is 30.3 Å². The lowest BCUT2D eigenvalue weighted by atomic mass is 10.1. The van der Waals surface area contributed by atoms with E-state index in [0.717, 1.165) is 11.3 Å². The van der Waals surface area contributed by atoms with Crippen molar-refractivity contribution < 1.29 is 14.3 Å². The lowest BCUT2D eigenvalue weighted by Gasteiger charge is -2.12. The quantitative estimate of drug-likeness (QED) is 0.771. The van der Waals surface area contributed by atoms with E-state index in [4.69, 9.17) is 4.74 Å². The maximum atomic E-state index is 12.1. The molecule has 2 aromatic carbocycles. The van der Waals surface area contributed by atoms with E-state index in [9.17, 15) is 9.59 Å². The Hall–Kier alpha value is -2.27. The Balaban J connectivity index is 1.91. The highest BCUT2D eigenvalue weighted by atomic mass is 32.2. The van der Waals surface area contributed by atoms with Crippen molar-refractivity contribution >= 4 is 29.3 Å². The number of hydrogen-bond acceptors (Lipinski definition) is 4. The van der Waals surface area contributed by atoms with Crippen molar-refractivity contribution in [2.24, 2.45) is 0 Å². The molecule has 24 heavy (non-hydrogen) atoms. The minimum atomic E-state index is -0.371. The number of nitrogens with one attached hydrogen (secondary N) is 1. The summed E-state index contributed by atoms with van der Waals surface area (Å²) in [6, 6.07) is 15.3. The number of carbonyl (C=O) groups excluding carboxylic acids is 2. The molecule has 4 nitrogen and oxygen atoms in total. The van der Waals surface area contributed by atoms with Crippen LogP contribution in [0.25, 0.3) is 0 Å². The van der Waals surface area contributed by atoms with Gasteiger partial charge in [-0.05, 0) is 37.1 Å². The van der Waals surface area contributed by atoms with Gasteiger partial charge >= 0.3 is 5.97 Å². The van der Waals surface area contributed by atoms with Crippen LogP contribution in [-0.2, 0) is 15.3 Å². The fraction of sp³-hybridized carbons (Fsp3) is 0.263. The van der Waals surface area contributed by atoms with Gasteiger partial charge in [0, 0.05) is 11.4 Å². The first-order chi connectivity index (χ1) is 11.6. The Morgan fingerprint density at radius 1 is 1.08 bits per heavy atom. The smallest absolute Gasteiger partial charge is 0.338 e. The lowest BCUT2D eigenvalue weighted by molar-refractivity contribution is -0.113. The van der Waals surface area contributed by atoms with E-state index >= 15 is 0 Å². The molecule has 0 bridgehead atoms. The number of benzene rings is 2. The molecule has 5 heteroatoms. The van der Waals surface area contributed by atoms with Gasteiger partial charge in [0.05, 0.1) is 17.9 Å². The molecule has 0 aliphatic carbocycles. The Morgan fingerprint density at radius 2 is 1.83 bits per heavy atom. The third-order valence-corrected chi connectivity index (χ3v) is 4.45. The fourth-order valence-corrected chi connectivity index (χ4v) is 3.01. The number of amides is 1. The van der Waals surface area contributed by atoms with Gasteiger partial charge in [0.1, 0.15) is 0 Å². The predicted molar refractivity (Wildman–Crippen MR) is 98.4 cm³/mol. The number of ether oxygens (including phenoxy) is 1. The van der Waals surface area contributed by atoms with E-state index in [-0.39, 0.29) is 11.9 Å². The summed E-state index contributed by atoms with van der Waals surface area (Å²) < 4.78 is 5.03. The first-order valence-electron chi connectivity index (χ1n) is 7.80. The number of esters is 1. The lowest BCUT2D eigenvalue weighted by Crippen LogP contribution is -2.16. The van der Waals surface area contributed by atoms with Gasteiger partial charge in [0.25, 0.3) is 0 Å². The van der Waals surface area contributed by atoms with Crippen LogP contribution >= 0.6 is 11.8 Å². The molecule has 0 saturated carbocycles. The maximum Gasteiger partial charge on any atom is 0.338 e. The molecule has 0 spiro atoms. The zero-order chi connectivity index (χ0) is 17.4. The van der Waals surface area contributed by atoms with Gasteiger partial charge < -0.3 is 10.1 Å². The van der Waals surface area contributed by atoms with Crippen LogP contribution in [0.4, 0.5) is 5.69 Å². The molecule has 0 aromatic heterocycles. The number of hydrogen-bond donors (Lipinski definition) is 1. The molecule has 0 atom stereocenters. The second-order valence-corrected chi connectivity index (χ2v) is 6.21. The summed E-state index contributed by atoms with van der Waals surface area (Å²) >= 11 is 1.55. The van der Waals surface area contributed by atoms with Crippen LogP contribution in [0.5, 0.6) is 0 Å². The topological polar surface area (TPSA) is 55.4 Å². The zero-order valence-corrected chi connectivity index (χ0v) is 14.7. The fourth-order valence-electron chi connectivity index (χ4n) is 2.22. The molecule has 0 aliphatic heterocycles. The molecule has 1 amide bonds. The molecule has 126 valence electrons. The average Bonchev–Trinajstić information content (AvgIpc) is 2.58. The third kappa shape index (κ3) is 5.13. The molecule has 0 fully saturated rings. The van der Waals surface area contributed by atoms with Crippen molar-refractivity contribution in [3.8, 4) is 0 Å². The summed E-state index contributed by atoms with van der Waals surface area (Å²) in [5.74, 6) is 0.693. The second-order valence-electron chi connectivity index (χ2n) is 5.23. The molecule has 0 heterocycles. The Bertz CT molecular complexity index is 701. The predicted octanol–water partition coefficient (Wildman–Crippen LogP) is 4.04. The summed E-state index contributed by atoms with van der Waals surface area (Å²) in [5, 5.41) is 2.87. The molecule has 0 aliphatic rings. The Morgan fingerprint density at radius 3 is 2.54 bits per heavy atom. The molecule has 0 unspecified atom stereocenters. The van der Waals surface area contributed by atoms with Gasteiger partial charge in [-0.3, -0.25) is 4.79 Å². The first kappa shape index (κ1) is 18.1. The van der Waals surface area contributed by atoms with Crippen LogP contribution in [-0.4, -0.2) is 24.2 Å². The summed E-state index contributed by atoms with van der Waals surface area (Å²) in [4.78, 5) is 24.0. The Kier molecular flexibility index (Phi) is 6.88.